The molecule has 2 heterocycles. The zero-order valence-electron chi connectivity index (χ0n) is 11.0. The number of nitrogens with zero attached hydrogens (tertiary/aromatic N) is 4. The van der Waals surface area contributed by atoms with Gasteiger partial charge in [-0.1, -0.05) is 17.7 Å². The lowest BCUT2D eigenvalue weighted by Crippen LogP contribution is -2.23. The van der Waals surface area contributed by atoms with Crippen LogP contribution in [0.2, 0.25) is 5.15 Å². The minimum absolute atomic E-state index is 0.453. The molecule has 0 fully saturated rings. The van der Waals surface area contributed by atoms with Crippen molar-refractivity contribution in [2.45, 2.75) is 6.54 Å². The summed E-state index contributed by atoms with van der Waals surface area (Å²) in [6.45, 7) is 0.575. The molecule has 0 spiro atoms. The lowest BCUT2D eigenvalue weighted by Gasteiger charge is -2.06. The molecule has 6 nitrogen and oxygen atoms in total. The Morgan fingerprint density at radius 3 is 3.00 bits per heavy atom. The van der Waals surface area contributed by atoms with Crippen LogP contribution in [0.1, 0.15) is 5.56 Å². The van der Waals surface area contributed by atoms with Gasteiger partial charge in [0.2, 0.25) is 4.80 Å². The predicted molar refractivity (Wildman–Crippen MR) is 76.4 cm³/mol. The first-order valence-electron chi connectivity index (χ1n) is 5.73. The molecule has 0 N–H and O–H groups in total. The Kier molecular flexibility index (Phi) is 4.75. The molecule has 0 atom stereocenters. The fraction of sp³-hybridized carbons (Fsp3) is 0.250. The maximum Gasteiger partial charge on any atom is 0.435 e. The summed E-state index contributed by atoms with van der Waals surface area (Å²) in [7, 11) is 3.19. The van der Waals surface area contributed by atoms with Crippen LogP contribution >= 0.6 is 22.9 Å². The monoisotopic (exact) mass is 312 g/mol. The first kappa shape index (κ1) is 14.5. The largest absolute Gasteiger partial charge is 0.435 e. The Hall–Kier alpha value is -1.86. The summed E-state index contributed by atoms with van der Waals surface area (Å²) in [6, 6.07) is 3.61. The van der Waals surface area contributed by atoms with Gasteiger partial charge in [-0.05, 0) is 16.8 Å². The second kappa shape index (κ2) is 6.53. The normalized spacial score (nSPS) is 11.4. The first-order chi connectivity index (χ1) is 9.56. The molecule has 0 saturated carbocycles. The van der Waals surface area contributed by atoms with Crippen molar-refractivity contribution < 1.29 is 9.63 Å². The highest BCUT2D eigenvalue weighted by molar-refractivity contribution is 7.07. The van der Waals surface area contributed by atoms with Crippen LogP contribution in [0.15, 0.2) is 35.1 Å². The minimum Gasteiger partial charge on any atom is -0.317 e. The second-order valence-electron chi connectivity index (χ2n) is 4.15. The zero-order chi connectivity index (χ0) is 14.5. The molecule has 1 amide bonds. The third-order valence-electron chi connectivity index (χ3n) is 2.37. The molecular weight excluding hydrogens is 300 g/mol. The van der Waals surface area contributed by atoms with Gasteiger partial charge in [0.15, 0.2) is 0 Å². The molecule has 2 rings (SSSR count). The van der Waals surface area contributed by atoms with Crippen LogP contribution < -0.4 is 4.80 Å². The number of thiazole rings is 1. The number of halogens is 1. The van der Waals surface area contributed by atoms with Gasteiger partial charge in [-0.3, -0.25) is 4.84 Å². The van der Waals surface area contributed by atoms with Crippen molar-refractivity contribution in [3.63, 3.8) is 0 Å². The van der Waals surface area contributed by atoms with Crippen LogP contribution in [0.4, 0.5) is 4.79 Å². The highest BCUT2D eigenvalue weighted by Gasteiger charge is 2.04. The molecule has 8 heteroatoms. The van der Waals surface area contributed by atoms with Crippen LogP contribution in [0.3, 0.4) is 0 Å². The maximum atomic E-state index is 11.3. The van der Waals surface area contributed by atoms with Gasteiger partial charge in [-0.15, -0.1) is 11.3 Å². The van der Waals surface area contributed by atoms with Gasteiger partial charge in [-0.25, -0.2) is 9.78 Å². The Morgan fingerprint density at radius 1 is 1.55 bits per heavy atom. The molecule has 0 aliphatic heterocycles. The molecule has 2 aromatic heterocycles. The summed E-state index contributed by atoms with van der Waals surface area (Å²) in [4.78, 5) is 22.1. The Labute approximate surface area is 124 Å². The van der Waals surface area contributed by atoms with E-state index in [1.54, 1.807) is 26.4 Å². The molecule has 106 valence electrons. The maximum absolute atomic E-state index is 11.3. The van der Waals surface area contributed by atoms with E-state index in [9.17, 15) is 4.79 Å². The quantitative estimate of drug-likeness (QED) is 0.496. The van der Waals surface area contributed by atoms with Crippen LogP contribution in [-0.4, -0.2) is 34.6 Å². The summed E-state index contributed by atoms with van der Waals surface area (Å²) in [6.07, 6.45) is 3.04. The van der Waals surface area contributed by atoms with Gasteiger partial charge >= 0.3 is 6.09 Å². The van der Waals surface area contributed by atoms with E-state index in [1.165, 1.54) is 16.2 Å². The Bertz CT molecular complexity index is 648. The number of hydrogen-bond donors (Lipinski definition) is 0. The van der Waals surface area contributed by atoms with Crippen LogP contribution in [0, 0.1) is 0 Å². The molecule has 0 saturated heterocycles. The van der Waals surface area contributed by atoms with E-state index in [0.29, 0.717) is 16.5 Å². The standard InChI is InChI=1S/C12H13ClN4O2S/c1-16(2)12(18)19-15-11-17(5-6-20-11)8-9-3-4-10(13)14-7-9/h3-7H,8H2,1-2H3. The van der Waals surface area contributed by atoms with Gasteiger partial charge in [-0.2, -0.15) is 0 Å². The Morgan fingerprint density at radius 2 is 2.35 bits per heavy atom. The predicted octanol–water partition coefficient (Wildman–Crippen LogP) is 2.16. The van der Waals surface area contributed by atoms with E-state index >= 15 is 0 Å². The third kappa shape index (κ3) is 3.82. The average Bonchev–Trinajstić information content (AvgIpc) is 2.86. The van der Waals surface area contributed by atoms with Crippen molar-refractivity contribution in [3.8, 4) is 0 Å². The lowest BCUT2D eigenvalue weighted by molar-refractivity contribution is 0.117. The van der Waals surface area contributed by atoms with Crippen LogP contribution in [-0.2, 0) is 11.4 Å². The van der Waals surface area contributed by atoms with Crippen molar-refractivity contribution in [2.24, 2.45) is 5.16 Å². The highest BCUT2D eigenvalue weighted by atomic mass is 35.5. The summed E-state index contributed by atoms with van der Waals surface area (Å²) in [5.74, 6) is 0. The Balaban J connectivity index is 2.14. The number of hydrogen-bond acceptors (Lipinski definition) is 5. The summed E-state index contributed by atoms with van der Waals surface area (Å²) in [5, 5.41) is 6.16. The number of aromatic nitrogens is 2. The number of carbonyl (C=O) groups is 1. The number of pyridine rings is 1. The number of carbonyl (C=O) groups excluding carboxylic acids is 1. The number of amides is 1. The SMILES string of the molecule is CN(C)C(=O)ON=c1sccn1Cc1ccc(Cl)nc1. The highest BCUT2D eigenvalue weighted by Crippen LogP contribution is 2.06. The third-order valence-corrected chi connectivity index (χ3v) is 3.37. The van der Waals surface area contributed by atoms with Gasteiger partial charge < -0.3 is 9.47 Å². The molecule has 0 aromatic carbocycles. The van der Waals surface area contributed by atoms with Crippen LogP contribution in [0.5, 0.6) is 0 Å². The molecule has 20 heavy (non-hydrogen) atoms. The van der Waals surface area contributed by atoms with E-state index in [0.717, 1.165) is 5.56 Å². The average molecular weight is 313 g/mol. The molecule has 0 aliphatic carbocycles. The van der Waals surface area contributed by atoms with Crippen molar-refractivity contribution in [2.75, 3.05) is 14.1 Å². The minimum atomic E-state index is -0.516. The summed E-state index contributed by atoms with van der Waals surface area (Å²) < 4.78 is 1.86. The number of rotatable bonds is 3. The van der Waals surface area contributed by atoms with Gasteiger partial charge in [0.25, 0.3) is 0 Å². The van der Waals surface area contributed by atoms with Crippen molar-refractivity contribution in [3.05, 3.63) is 45.4 Å². The zero-order valence-corrected chi connectivity index (χ0v) is 12.6. The molecular formula is C12H13ClN4O2S. The molecule has 0 aliphatic rings. The van der Waals surface area contributed by atoms with E-state index in [-0.39, 0.29) is 0 Å². The van der Waals surface area contributed by atoms with Crippen molar-refractivity contribution >= 4 is 29.0 Å². The summed E-state index contributed by atoms with van der Waals surface area (Å²) >= 11 is 7.12. The molecule has 0 radical (unpaired) electrons. The fourth-order valence-electron chi connectivity index (χ4n) is 1.35. The second-order valence-corrected chi connectivity index (χ2v) is 5.41. The first-order valence-corrected chi connectivity index (χ1v) is 6.98. The van der Waals surface area contributed by atoms with E-state index < -0.39 is 6.09 Å². The summed E-state index contributed by atoms with van der Waals surface area (Å²) in [5.41, 5.74) is 0.980. The molecule has 2 aromatic rings. The van der Waals surface area contributed by atoms with Crippen LogP contribution in [0.25, 0.3) is 0 Å². The van der Waals surface area contributed by atoms with Gasteiger partial charge in [0.05, 0.1) is 6.54 Å². The van der Waals surface area contributed by atoms with E-state index in [4.69, 9.17) is 16.4 Å². The smallest absolute Gasteiger partial charge is 0.317 e. The van der Waals surface area contributed by atoms with Gasteiger partial charge in [0.1, 0.15) is 5.15 Å². The van der Waals surface area contributed by atoms with Gasteiger partial charge in [0, 0.05) is 31.9 Å². The molecule has 0 bridgehead atoms. The fourth-order valence-corrected chi connectivity index (χ4v) is 2.13. The molecule has 0 unspecified atom stereocenters. The lowest BCUT2D eigenvalue weighted by atomic mass is 10.3. The van der Waals surface area contributed by atoms with Crippen molar-refractivity contribution in [1.82, 2.24) is 14.5 Å². The van der Waals surface area contributed by atoms with E-state index in [1.807, 2.05) is 22.2 Å². The van der Waals surface area contributed by atoms with Crippen molar-refractivity contribution in [1.29, 1.82) is 0 Å². The topological polar surface area (TPSA) is 59.7 Å². The van der Waals surface area contributed by atoms with E-state index in [2.05, 4.69) is 10.1 Å².